The van der Waals surface area contributed by atoms with Crippen LogP contribution >= 0.6 is 15.9 Å². The van der Waals surface area contributed by atoms with Crippen molar-refractivity contribution in [2.75, 3.05) is 0 Å². The molecule has 1 aliphatic carbocycles. The van der Waals surface area contributed by atoms with E-state index >= 15 is 0 Å². The van der Waals surface area contributed by atoms with E-state index in [9.17, 15) is 0 Å². The van der Waals surface area contributed by atoms with Crippen molar-refractivity contribution in [3.05, 3.63) is 35.9 Å². The van der Waals surface area contributed by atoms with Crippen LogP contribution in [0, 0.1) is 5.92 Å². The Morgan fingerprint density at radius 2 is 1.93 bits per heavy atom. The van der Waals surface area contributed by atoms with Gasteiger partial charge in [0.05, 0.1) is 0 Å². The summed E-state index contributed by atoms with van der Waals surface area (Å²) in [5, 5.41) is 0. The first-order valence-corrected chi connectivity index (χ1v) is 6.94. The van der Waals surface area contributed by atoms with Gasteiger partial charge in [0.2, 0.25) is 0 Å². The van der Waals surface area contributed by atoms with Gasteiger partial charge >= 0.3 is 0 Å². The molecule has 2 atom stereocenters. The first-order valence-electron chi connectivity index (χ1n) is 6.02. The minimum atomic E-state index is 0.784. The van der Waals surface area contributed by atoms with Crippen LogP contribution in [0.1, 0.15) is 37.7 Å². The summed E-state index contributed by atoms with van der Waals surface area (Å²) in [6, 6.07) is 10.9. The standard InChI is InChI=1S/C14H19Br/c15-14-8-4-7-13(11-14)10-9-12-5-2-1-3-6-12/h1-3,5-6,13-14H,4,7-11H2. The van der Waals surface area contributed by atoms with Crippen molar-refractivity contribution >= 4 is 15.9 Å². The van der Waals surface area contributed by atoms with E-state index in [0.29, 0.717) is 0 Å². The Morgan fingerprint density at radius 3 is 2.67 bits per heavy atom. The fourth-order valence-corrected chi connectivity index (χ4v) is 3.36. The molecule has 1 heteroatoms. The summed E-state index contributed by atoms with van der Waals surface area (Å²) >= 11 is 3.75. The number of hydrogen-bond donors (Lipinski definition) is 0. The van der Waals surface area contributed by atoms with E-state index in [1.807, 2.05) is 0 Å². The number of benzene rings is 1. The van der Waals surface area contributed by atoms with E-state index in [0.717, 1.165) is 10.7 Å². The monoisotopic (exact) mass is 266 g/mol. The van der Waals surface area contributed by atoms with Crippen LogP contribution in [0.5, 0.6) is 0 Å². The van der Waals surface area contributed by atoms with Crippen LogP contribution in [-0.4, -0.2) is 4.83 Å². The summed E-state index contributed by atoms with van der Waals surface area (Å²) in [6.07, 6.45) is 8.23. The molecule has 1 aromatic carbocycles. The van der Waals surface area contributed by atoms with Gasteiger partial charge in [-0.1, -0.05) is 59.1 Å². The first kappa shape index (κ1) is 11.2. The van der Waals surface area contributed by atoms with Crippen molar-refractivity contribution < 1.29 is 0 Å². The fraction of sp³-hybridized carbons (Fsp3) is 0.571. The lowest BCUT2D eigenvalue weighted by atomic mass is 9.85. The fourth-order valence-electron chi connectivity index (χ4n) is 2.50. The quantitative estimate of drug-likeness (QED) is 0.703. The summed E-state index contributed by atoms with van der Waals surface area (Å²) in [5.41, 5.74) is 1.49. The Balaban J connectivity index is 1.78. The molecule has 1 aliphatic rings. The van der Waals surface area contributed by atoms with Crippen molar-refractivity contribution in [1.29, 1.82) is 0 Å². The lowest BCUT2D eigenvalue weighted by Crippen LogP contribution is -2.15. The molecule has 0 nitrogen and oxygen atoms in total. The third-order valence-electron chi connectivity index (χ3n) is 3.40. The topological polar surface area (TPSA) is 0 Å². The summed E-state index contributed by atoms with van der Waals surface area (Å²) in [4.78, 5) is 0.784. The molecule has 0 saturated heterocycles. The van der Waals surface area contributed by atoms with Crippen LogP contribution in [-0.2, 0) is 6.42 Å². The largest absolute Gasteiger partial charge is 0.0891 e. The van der Waals surface area contributed by atoms with Crippen LogP contribution in [0.25, 0.3) is 0 Å². The van der Waals surface area contributed by atoms with Crippen LogP contribution in [0.3, 0.4) is 0 Å². The highest BCUT2D eigenvalue weighted by Gasteiger charge is 2.19. The molecule has 0 amide bonds. The van der Waals surface area contributed by atoms with Crippen LogP contribution in [0.4, 0.5) is 0 Å². The van der Waals surface area contributed by atoms with Gasteiger partial charge in [-0.25, -0.2) is 0 Å². The molecule has 0 aliphatic heterocycles. The first-order chi connectivity index (χ1) is 7.34. The second-order valence-electron chi connectivity index (χ2n) is 4.65. The van der Waals surface area contributed by atoms with E-state index in [1.165, 1.54) is 44.1 Å². The predicted molar refractivity (Wildman–Crippen MR) is 69.4 cm³/mol. The summed E-state index contributed by atoms with van der Waals surface area (Å²) in [7, 11) is 0. The Hall–Kier alpha value is -0.300. The maximum atomic E-state index is 3.75. The average Bonchev–Trinajstić information content (AvgIpc) is 2.28. The van der Waals surface area contributed by atoms with Gasteiger partial charge in [0, 0.05) is 4.83 Å². The molecular formula is C14H19Br. The third-order valence-corrected chi connectivity index (χ3v) is 4.23. The summed E-state index contributed by atoms with van der Waals surface area (Å²) in [6.45, 7) is 0. The second-order valence-corrected chi connectivity index (χ2v) is 5.95. The molecule has 1 saturated carbocycles. The molecule has 0 aromatic heterocycles. The molecule has 0 radical (unpaired) electrons. The highest BCUT2D eigenvalue weighted by molar-refractivity contribution is 9.09. The minimum Gasteiger partial charge on any atom is -0.0891 e. The van der Waals surface area contributed by atoms with Gasteiger partial charge in [-0.3, -0.25) is 0 Å². The van der Waals surface area contributed by atoms with Crippen molar-refractivity contribution in [2.45, 2.75) is 43.4 Å². The van der Waals surface area contributed by atoms with E-state index in [2.05, 4.69) is 46.3 Å². The minimum absolute atomic E-state index is 0.784. The number of alkyl halides is 1. The van der Waals surface area contributed by atoms with Gasteiger partial charge < -0.3 is 0 Å². The highest BCUT2D eigenvalue weighted by atomic mass is 79.9. The third kappa shape index (κ3) is 3.64. The van der Waals surface area contributed by atoms with Crippen LogP contribution in [0.2, 0.25) is 0 Å². The molecule has 0 N–H and O–H groups in total. The van der Waals surface area contributed by atoms with E-state index < -0.39 is 0 Å². The number of rotatable bonds is 3. The number of aryl methyl sites for hydroxylation is 1. The van der Waals surface area contributed by atoms with Gasteiger partial charge in [-0.05, 0) is 37.2 Å². The van der Waals surface area contributed by atoms with Gasteiger partial charge in [0.1, 0.15) is 0 Å². The highest BCUT2D eigenvalue weighted by Crippen LogP contribution is 2.31. The maximum Gasteiger partial charge on any atom is 0.0148 e. The van der Waals surface area contributed by atoms with Crippen molar-refractivity contribution in [3.8, 4) is 0 Å². The van der Waals surface area contributed by atoms with E-state index in [1.54, 1.807) is 0 Å². The molecule has 1 fully saturated rings. The van der Waals surface area contributed by atoms with Crippen LogP contribution in [0.15, 0.2) is 30.3 Å². The molecule has 0 spiro atoms. The maximum absolute atomic E-state index is 3.75. The lowest BCUT2D eigenvalue weighted by molar-refractivity contribution is 0.349. The molecule has 2 unspecified atom stereocenters. The van der Waals surface area contributed by atoms with Crippen molar-refractivity contribution in [2.24, 2.45) is 5.92 Å². The SMILES string of the molecule is BrC1CCCC(CCc2ccccc2)C1. The van der Waals surface area contributed by atoms with Crippen LogP contribution < -0.4 is 0 Å². The lowest BCUT2D eigenvalue weighted by Gasteiger charge is -2.25. The van der Waals surface area contributed by atoms with Gasteiger partial charge in [0.25, 0.3) is 0 Å². The van der Waals surface area contributed by atoms with E-state index in [-0.39, 0.29) is 0 Å². The molecule has 15 heavy (non-hydrogen) atoms. The van der Waals surface area contributed by atoms with E-state index in [4.69, 9.17) is 0 Å². The summed E-state index contributed by atoms with van der Waals surface area (Å²) in [5.74, 6) is 0.948. The molecule has 1 aromatic rings. The second kappa shape index (κ2) is 5.69. The van der Waals surface area contributed by atoms with Crippen molar-refractivity contribution in [1.82, 2.24) is 0 Å². The zero-order chi connectivity index (χ0) is 10.5. The van der Waals surface area contributed by atoms with Gasteiger partial charge in [-0.2, -0.15) is 0 Å². The Morgan fingerprint density at radius 1 is 1.13 bits per heavy atom. The zero-order valence-corrected chi connectivity index (χ0v) is 10.7. The Labute approximate surface area is 101 Å². The van der Waals surface area contributed by atoms with Crippen molar-refractivity contribution in [3.63, 3.8) is 0 Å². The van der Waals surface area contributed by atoms with Gasteiger partial charge in [0.15, 0.2) is 0 Å². The molecular weight excluding hydrogens is 248 g/mol. The smallest absolute Gasteiger partial charge is 0.0148 e. The summed E-state index contributed by atoms with van der Waals surface area (Å²) < 4.78 is 0. The Bertz CT molecular complexity index is 281. The zero-order valence-electron chi connectivity index (χ0n) is 9.16. The molecule has 2 rings (SSSR count). The number of hydrogen-bond acceptors (Lipinski definition) is 0. The Kier molecular flexibility index (Phi) is 4.25. The number of halogens is 1. The average molecular weight is 267 g/mol. The predicted octanol–water partition coefficient (Wildman–Crippen LogP) is 4.57. The molecule has 0 bridgehead atoms. The molecule has 0 heterocycles. The van der Waals surface area contributed by atoms with Gasteiger partial charge in [-0.15, -0.1) is 0 Å². The normalized spacial score (nSPS) is 26.5. The molecule has 82 valence electrons.